The molecule has 190 valence electrons. The Balaban J connectivity index is 1.76. The van der Waals surface area contributed by atoms with Crippen LogP contribution in [-0.2, 0) is 11.3 Å². The number of nitrogens with one attached hydrogen (secondary N) is 1. The number of nitrogens with two attached hydrogens (primary N) is 1. The smallest absolute Gasteiger partial charge is 0.255 e. The number of anilines is 1. The third-order valence-corrected chi connectivity index (χ3v) is 6.64. The first kappa shape index (κ1) is 26.5. The lowest BCUT2D eigenvalue weighted by atomic mass is 9.86. The summed E-state index contributed by atoms with van der Waals surface area (Å²) in [5, 5.41) is 2.95. The van der Waals surface area contributed by atoms with E-state index in [1.807, 2.05) is 29.2 Å². The van der Waals surface area contributed by atoms with Crippen molar-refractivity contribution in [1.82, 2.24) is 4.90 Å². The van der Waals surface area contributed by atoms with E-state index in [-0.39, 0.29) is 23.1 Å². The number of carbonyl (C=O) groups is 2. The summed E-state index contributed by atoms with van der Waals surface area (Å²) >= 11 is 0. The van der Waals surface area contributed by atoms with Crippen molar-refractivity contribution in [3.05, 3.63) is 53.6 Å². The molecule has 0 aliphatic heterocycles. The van der Waals surface area contributed by atoms with E-state index in [2.05, 4.69) is 19.2 Å². The molecule has 0 heterocycles. The van der Waals surface area contributed by atoms with Gasteiger partial charge in [-0.25, -0.2) is 0 Å². The Morgan fingerprint density at radius 1 is 1.03 bits per heavy atom. The molecular weight excluding hydrogens is 442 g/mol. The first-order valence-corrected chi connectivity index (χ1v) is 12.4. The fraction of sp³-hybridized carbons (Fsp3) is 0.500. The van der Waals surface area contributed by atoms with Crippen LogP contribution in [0.4, 0.5) is 5.69 Å². The van der Waals surface area contributed by atoms with Gasteiger partial charge in [-0.3, -0.25) is 9.59 Å². The monoisotopic (exact) mass is 481 g/mol. The Morgan fingerprint density at radius 3 is 2.40 bits per heavy atom. The van der Waals surface area contributed by atoms with Crippen LogP contribution in [0.3, 0.4) is 0 Å². The second-order valence-electron chi connectivity index (χ2n) is 10.1. The normalized spacial score (nSPS) is 14.3. The summed E-state index contributed by atoms with van der Waals surface area (Å²) < 4.78 is 10.6. The zero-order valence-electron chi connectivity index (χ0n) is 21.4. The van der Waals surface area contributed by atoms with Gasteiger partial charge in [0, 0.05) is 30.3 Å². The molecule has 2 amide bonds. The molecular formula is C28H39N3O4. The molecule has 0 spiro atoms. The lowest BCUT2D eigenvalue weighted by Crippen LogP contribution is -2.44. The summed E-state index contributed by atoms with van der Waals surface area (Å²) in [6.45, 7) is 5.77. The van der Waals surface area contributed by atoms with E-state index in [1.165, 1.54) is 13.5 Å². The molecule has 3 rings (SSSR count). The number of methoxy groups -OCH3 is 2. The molecule has 35 heavy (non-hydrogen) atoms. The van der Waals surface area contributed by atoms with Gasteiger partial charge in [-0.15, -0.1) is 0 Å². The highest BCUT2D eigenvalue weighted by atomic mass is 16.5. The van der Waals surface area contributed by atoms with Crippen molar-refractivity contribution in [2.45, 2.75) is 52.5 Å². The highest BCUT2D eigenvalue weighted by Gasteiger charge is 2.30. The van der Waals surface area contributed by atoms with Gasteiger partial charge in [0.05, 0.1) is 14.2 Å². The van der Waals surface area contributed by atoms with Crippen molar-refractivity contribution in [1.29, 1.82) is 0 Å². The Hall–Kier alpha value is -3.06. The Kier molecular flexibility index (Phi) is 9.15. The van der Waals surface area contributed by atoms with Crippen LogP contribution in [0, 0.1) is 11.3 Å². The van der Waals surface area contributed by atoms with Crippen molar-refractivity contribution >= 4 is 17.5 Å². The molecule has 7 nitrogen and oxygen atoms in total. The molecule has 0 unspecified atom stereocenters. The van der Waals surface area contributed by atoms with E-state index in [1.54, 1.807) is 25.3 Å². The highest BCUT2D eigenvalue weighted by molar-refractivity contribution is 6.04. The fourth-order valence-electron chi connectivity index (χ4n) is 4.55. The zero-order chi connectivity index (χ0) is 25.4. The summed E-state index contributed by atoms with van der Waals surface area (Å²) in [5.74, 6) is 1.11. The molecule has 0 saturated heterocycles. The van der Waals surface area contributed by atoms with Gasteiger partial charge < -0.3 is 25.4 Å². The minimum atomic E-state index is -0.248. The number of ether oxygens (including phenoxy) is 2. The Morgan fingerprint density at radius 2 is 1.74 bits per heavy atom. The number of hydrogen-bond donors (Lipinski definition) is 2. The minimum Gasteiger partial charge on any atom is -0.493 e. The van der Waals surface area contributed by atoms with Crippen molar-refractivity contribution in [2.75, 3.05) is 32.6 Å². The van der Waals surface area contributed by atoms with E-state index in [4.69, 9.17) is 15.2 Å². The van der Waals surface area contributed by atoms with E-state index in [0.717, 1.165) is 31.2 Å². The van der Waals surface area contributed by atoms with Crippen LogP contribution in [0.1, 0.15) is 61.9 Å². The van der Waals surface area contributed by atoms with Gasteiger partial charge in [0.25, 0.3) is 5.91 Å². The molecule has 1 saturated carbocycles. The number of hydrogen-bond acceptors (Lipinski definition) is 5. The van der Waals surface area contributed by atoms with Crippen molar-refractivity contribution < 1.29 is 19.1 Å². The summed E-state index contributed by atoms with van der Waals surface area (Å²) in [6, 6.07) is 12.7. The van der Waals surface area contributed by atoms with E-state index >= 15 is 0 Å². The Bertz CT molecular complexity index is 1020. The average molecular weight is 482 g/mol. The summed E-state index contributed by atoms with van der Waals surface area (Å²) in [4.78, 5) is 28.3. The van der Waals surface area contributed by atoms with Crippen LogP contribution in [0.15, 0.2) is 42.5 Å². The van der Waals surface area contributed by atoms with Crippen LogP contribution in [-0.4, -0.2) is 44.0 Å². The molecule has 1 aliphatic carbocycles. The quantitative estimate of drug-likeness (QED) is 0.506. The first-order valence-electron chi connectivity index (χ1n) is 12.4. The highest BCUT2D eigenvalue weighted by Crippen LogP contribution is 2.29. The van der Waals surface area contributed by atoms with E-state index in [0.29, 0.717) is 42.4 Å². The van der Waals surface area contributed by atoms with Crippen molar-refractivity contribution in [3.63, 3.8) is 0 Å². The summed E-state index contributed by atoms with van der Waals surface area (Å²) in [5.41, 5.74) is 7.92. The molecule has 0 atom stereocenters. The second kappa shape index (κ2) is 12.1. The molecule has 1 fully saturated rings. The number of amides is 2. The second-order valence-corrected chi connectivity index (χ2v) is 10.1. The first-order chi connectivity index (χ1) is 16.8. The third-order valence-electron chi connectivity index (χ3n) is 6.64. The van der Waals surface area contributed by atoms with Gasteiger partial charge >= 0.3 is 0 Å². The average Bonchev–Trinajstić information content (AvgIpc) is 2.88. The van der Waals surface area contributed by atoms with Gasteiger partial charge in [0.15, 0.2) is 11.5 Å². The molecule has 2 aromatic carbocycles. The van der Waals surface area contributed by atoms with Crippen LogP contribution in [0.2, 0.25) is 0 Å². The van der Waals surface area contributed by atoms with Crippen molar-refractivity contribution in [2.24, 2.45) is 17.1 Å². The van der Waals surface area contributed by atoms with Gasteiger partial charge in [0.1, 0.15) is 0 Å². The molecule has 3 N–H and O–H groups in total. The molecule has 0 aromatic heterocycles. The van der Waals surface area contributed by atoms with Crippen LogP contribution < -0.4 is 20.5 Å². The van der Waals surface area contributed by atoms with Crippen LogP contribution in [0.25, 0.3) is 0 Å². The van der Waals surface area contributed by atoms with Gasteiger partial charge in [-0.1, -0.05) is 45.2 Å². The maximum atomic E-state index is 13.4. The van der Waals surface area contributed by atoms with E-state index in [9.17, 15) is 9.59 Å². The summed E-state index contributed by atoms with van der Waals surface area (Å²) in [6.07, 6.45) is 5.35. The van der Waals surface area contributed by atoms with Crippen LogP contribution in [0.5, 0.6) is 11.5 Å². The van der Waals surface area contributed by atoms with Gasteiger partial charge in [-0.2, -0.15) is 0 Å². The lowest BCUT2D eigenvalue weighted by molar-refractivity contribution is -0.138. The third kappa shape index (κ3) is 7.21. The summed E-state index contributed by atoms with van der Waals surface area (Å²) in [7, 11) is 3.09. The topological polar surface area (TPSA) is 93.9 Å². The molecule has 1 aliphatic rings. The number of nitrogens with zero attached hydrogens (tertiary/aromatic N) is 1. The number of benzene rings is 2. The number of carbonyl (C=O) groups excluding carboxylic acids is 2. The SMILES string of the molecule is COc1ccc(C(=O)Nc2cccc(CN(CC(C)(C)CN)C(=O)C3CCCCC3)c2)cc1OC. The molecule has 0 radical (unpaired) electrons. The predicted molar refractivity (Wildman–Crippen MR) is 139 cm³/mol. The fourth-order valence-corrected chi connectivity index (χ4v) is 4.55. The predicted octanol–water partition coefficient (Wildman–Crippen LogP) is 4.85. The number of rotatable bonds is 10. The maximum absolute atomic E-state index is 13.4. The molecule has 2 aromatic rings. The van der Waals surface area contributed by atoms with E-state index < -0.39 is 0 Å². The van der Waals surface area contributed by atoms with Gasteiger partial charge in [-0.05, 0) is 60.7 Å². The Labute approximate surface area is 209 Å². The lowest BCUT2D eigenvalue weighted by Gasteiger charge is -2.35. The van der Waals surface area contributed by atoms with Crippen molar-refractivity contribution in [3.8, 4) is 11.5 Å². The minimum absolute atomic E-state index is 0.0882. The van der Waals surface area contributed by atoms with Gasteiger partial charge in [0.2, 0.25) is 5.91 Å². The standard InChI is InChI=1S/C28H39N3O4/c1-28(2,18-29)19-31(27(33)21-10-6-5-7-11-21)17-20-9-8-12-23(15-20)30-26(32)22-13-14-24(34-3)25(16-22)35-4/h8-9,12-16,21H,5-7,10-11,17-19,29H2,1-4H3,(H,30,32). The van der Waals surface area contributed by atoms with Crippen LogP contribution >= 0.6 is 0 Å². The largest absolute Gasteiger partial charge is 0.493 e. The molecule has 0 bridgehead atoms. The maximum Gasteiger partial charge on any atom is 0.255 e. The zero-order valence-corrected chi connectivity index (χ0v) is 21.4. The molecule has 7 heteroatoms.